The van der Waals surface area contributed by atoms with E-state index in [1.165, 1.54) is 5.56 Å². The maximum Gasteiger partial charge on any atom is 0.122 e. The predicted molar refractivity (Wildman–Crippen MR) is 68.8 cm³/mol. The second-order valence-corrected chi connectivity index (χ2v) is 5.23. The largest absolute Gasteiger partial charge is 0.488 e. The molecule has 1 N–H and O–H groups in total. The fourth-order valence-corrected chi connectivity index (χ4v) is 2.83. The van der Waals surface area contributed by atoms with Crippen LogP contribution in [0.3, 0.4) is 0 Å². The van der Waals surface area contributed by atoms with E-state index in [0.717, 1.165) is 50.0 Å². The first-order valence-corrected chi connectivity index (χ1v) is 6.88. The number of ether oxygens (including phenoxy) is 2. The molecule has 3 rings (SSSR count). The molecule has 0 bridgehead atoms. The predicted octanol–water partition coefficient (Wildman–Crippen LogP) is 2.61. The third kappa shape index (κ3) is 2.52. The van der Waals surface area contributed by atoms with Gasteiger partial charge < -0.3 is 14.6 Å². The Morgan fingerprint density at radius 3 is 3.00 bits per heavy atom. The number of hydrogen-bond acceptors (Lipinski definition) is 3. The van der Waals surface area contributed by atoms with Gasteiger partial charge in [0.05, 0.1) is 12.7 Å². The van der Waals surface area contributed by atoms with Crippen molar-refractivity contribution in [2.24, 2.45) is 0 Å². The molecule has 0 saturated carbocycles. The summed E-state index contributed by atoms with van der Waals surface area (Å²) in [6.45, 7) is 1.55. The summed E-state index contributed by atoms with van der Waals surface area (Å²) in [6, 6.07) is 6.08. The highest BCUT2D eigenvalue weighted by Gasteiger charge is 2.20. The number of benzene rings is 1. The van der Waals surface area contributed by atoms with Crippen molar-refractivity contribution in [3.05, 3.63) is 29.3 Å². The van der Waals surface area contributed by atoms with Gasteiger partial charge in [-0.25, -0.2) is 0 Å². The summed E-state index contributed by atoms with van der Waals surface area (Å²) in [5, 5.41) is 9.91. The van der Waals surface area contributed by atoms with E-state index in [1.54, 1.807) is 0 Å². The maximum absolute atomic E-state index is 9.91. The van der Waals surface area contributed by atoms with Crippen LogP contribution >= 0.6 is 0 Å². The van der Waals surface area contributed by atoms with Gasteiger partial charge >= 0.3 is 0 Å². The molecule has 1 fully saturated rings. The Kier molecular flexibility index (Phi) is 3.52. The molecule has 0 amide bonds. The molecule has 1 saturated heterocycles. The smallest absolute Gasteiger partial charge is 0.122 e. The van der Waals surface area contributed by atoms with Gasteiger partial charge in [-0.05, 0) is 55.4 Å². The molecular weight excluding hydrogens is 228 g/mol. The normalized spacial score (nSPS) is 27.6. The number of fused-ring (bicyclic) bond motifs is 1. The zero-order valence-electron chi connectivity index (χ0n) is 10.6. The average Bonchev–Trinajstić information content (AvgIpc) is 2.40. The third-order valence-corrected chi connectivity index (χ3v) is 3.82. The first-order chi connectivity index (χ1) is 8.83. The third-order valence-electron chi connectivity index (χ3n) is 3.82. The Hall–Kier alpha value is -1.06. The van der Waals surface area contributed by atoms with Crippen LogP contribution in [0.25, 0.3) is 0 Å². The van der Waals surface area contributed by atoms with Gasteiger partial charge in [-0.15, -0.1) is 0 Å². The molecule has 0 radical (unpaired) electrons. The van der Waals surface area contributed by atoms with E-state index in [-0.39, 0.29) is 12.2 Å². The number of aliphatic hydroxyl groups is 1. The summed E-state index contributed by atoms with van der Waals surface area (Å²) in [7, 11) is 0. The van der Waals surface area contributed by atoms with Crippen LogP contribution in [-0.2, 0) is 11.2 Å². The lowest BCUT2D eigenvalue weighted by atomic mass is 9.89. The summed E-state index contributed by atoms with van der Waals surface area (Å²) in [5.41, 5.74) is 2.32. The molecule has 0 aromatic heterocycles. The Bertz CT molecular complexity index is 410. The minimum Gasteiger partial charge on any atom is -0.488 e. The lowest BCUT2D eigenvalue weighted by Gasteiger charge is -2.25. The van der Waals surface area contributed by atoms with Gasteiger partial charge in [-0.3, -0.25) is 0 Å². The Balaban J connectivity index is 1.73. The molecule has 2 unspecified atom stereocenters. The zero-order valence-corrected chi connectivity index (χ0v) is 10.6. The molecule has 1 heterocycles. The molecule has 1 aliphatic heterocycles. The Morgan fingerprint density at radius 1 is 1.22 bits per heavy atom. The van der Waals surface area contributed by atoms with Crippen LogP contribution in [0.15, 0.2) is 18.2 Å². The van der Waals surface area contributed by atoms with Crippen LogP contribution in [0.2, 0.25) is 0 Å². The van der Waals surface area contributed by atoms with Crippen LogP contribution in [0.1, 0.15) is 42.9 Å². The standard InChI is InChI=1S/C15H20O3/c16-15-5-1-3-11-9-12(6-7-14(11)15)18-13-4-2-8-17-10-13/h6-7,9,13,15-16H,1-5,8,10H2. The second-order valence-electron chi connectivity index (χ2n) is 5.23. The van der Waals surface area contributed by atoms with Crippen molar-refractivity contribution >= 4 is 0 Å². The minimum atomic E-state index is -0.291. The molecule has 3 heteroatoms. The summed E-state index contributed by atoms with van der Waals surface area (Å²) >= 11 is 0. The van der Waals surface area contributed by atoms with Gasteiger partial charge in [0.2, 0.25) is 0 Å². The van der Waals surface area contributed by atoms with Crippen molar-refractivity contribution in [1.82, 2.24) is 0 Å². The molecule has 3 nitrogen and oxygen atoms in total. The first kappa shape index (κ1) is 12.0. The SMILES string of the molecule is OC1CCCc2cc(OC3CCCOC3)ccc21. The highest BCUT2D eigenvalue weighted by atomic mass is 16.5. The fourth-order valence-electron chi connectivity index (χ4n) is 2.83. The topological polar surface area (TPSA) is 38.7 Å². The second kappa shape index (κ2) is 5.29. The van der Waals surface area contributed by atoms with Crippen molar-refractivity contribution < 1.29 is 14.6 Å². The summed E-state index contributed by atoms with van der Waals surface area (Å²) in [6.07, 6.45) is 5.03. The van der Waals surface area contributed by atoms with E-state index >= 15 is 0 Å². The van der Waals surface area contributed by atoms with E-state index in [4.69, 9.17) is 9.47 Å². The molecule has 1 aromatic carbocycles. The molecule has 98 valence electrons. The summed E-state index contributed by atoms with van der Waals surface area (Å²) in [4.78, 5) is 0. The van der Waals surface area contributed by atoms with Crippen molar-refractivity contribution in [2.75, 3.05) is 13.2 Å². The fraction of sp³-hybridized carbons (Fsp3) is 0.600. The van der Waals surface area contributed by atoms with E-state index in [9.17, 15) is 5.11 Å². The lowest BCUT2D eigenvalue weighted by molar-refractivity contribution is 0.00735. The molecule has 2 aliphatic rings. The van der Waals surface area contributed by atoms with Crippen LogP contribution in [0.4, 0.5) is 0 Å². The molecular formula is C15H20O3. The van der Waals surface area contributed by atoms with Gasteiger partial charge in [0, 0.05) is 6.61 Å². The van der Waals surface area contributed by atoms with E-state index in [1.807, 2.05) is 12.1 Å². The molecule has 18 heavy (non-hydrogen) atoms. The Labute approximate surface area is 108 Å². The number of aliphatic hydroxyl groups excluding tert-OH is 1. The van der Waals surface area contributed by atoms with Crippen molar-refractivity contribution in [2.45, 2.75) is 44.3 Å². The maximum atomic E-state index is 9.91. The summed E-state index contributed by atoms with van der Waals surface area (Å²) < 4.78 is 11.4. The summed E-state index contributed by atoms with van der Waals surface area (Å²) in [5.74, 6) is 0.915. The van der Waals surface area contributed by atoms with Gasteiger partial charge in [0.25, 0.3) is 0 Å². The van der Waals surface area contributed by atoms with Crippen LogP contribution in [0.5, 0.6) is 5.75 Å². The van der Waals surface area contributed by atoms with Crippen LogP contribution in [0, 0.1) is 0 Å². The van der Waals surface area contributed by atoms with Gasteiger partial charge in [0.15, 0.2) is 0 Å². The monoisotopic (exact) mass is 248 g/mol. The van der Waals surface area contributed by atoms with Gasteiger partial charge in [-0.2, -0.15) is 0 Å². The van der Waals surface area contributed by atoms with E-state index < -0.39 is 0 Å². The van der Waals surface area contributed by atoms with Gasteiger partial charge in [0.1, 0.15) is 11.9 Å². The number of aryl methyl sites for hydroxylation is 1. The number of hydrogen-bond donors (Lipinski definition) is 1. The van der Waals surface area contributed by atoms with Crippen molar-refractivity contribution in [1.29, 1.82) is 0 Å². The first-order valence-electron chi connectivity index (χ1n) is 6.88. The molecule has 1 aliphatic carbocycles. The van der Waals surface area contributed by atoms with Crippen LogP contribution in [-0.4, -0.2) is 24.4 Å². The molecule has 1 aromatic rings. The zero-order chi connectivity index (χ0) is 12.4. The molecule has 0 spiro atoms. The minimum absolute atomic E-state index is 0.185. The average molecular weight is 248 g/mol. The van der Waals surface area contributed by atoms with Crippen molar-refractivity contribution in [3.8, 4) is 5.75 Å². The lowest BCUT2D eigenvalue weighted by Crippen LogP contribution is -2.28. The van der Waals surface area contributed by atoms with E-state index in [0.29, 0.717) is 6.61 Å². The highest BCUT2D eigenvalue weighted by Crippen LogP contribution is 2.32. The quantitative estimate of drug-likeness (QED) is 0.874. The molecule has 2 atom stereocenters. The van der Waals surface area contributed by atoms with E-state index in [2.05, 4.69) is 6.07 Å². The van der Waals surface area contributed by atoms with Gasteiger partial charge in [-0.1, -0.05) is 6.07 Å². The van der Waals surface area contributed by atoms with Crippen LogP contribution < -0.4 is 4.74 Å². The highest BCUT2D eigenvalue weighted by molar-refractivity contribution is 5.38. The number of rotatable bonds is 2. The Morgan fingerprint density at radius 2 is 2.17 bits per heavy atom. The van der Waals surface area contributed by atoms with Crippen molar-refractivity contribution in [3.63, 3.8) is 0 Å².